The number of H-pyrrole nitrogens is 1. The Kier molecular flexibility index (Phi) is 3.28. The number of aromatic nitrogens is 2. The summed E-state index contributed by atoms with van der Waals surface area (Å²) in [6.45, 7) is 0. The average molecular weight is 318 g/mol. The van der Waals surface area contributed by atoms with Crippen LogP contribution in [0.4, 0.5) is 16.2 Å². The van der Waals surface area contributed by atoms with E-state index in [-0.39, 0.29) is 11.8 Å². The molecule has 3 aromatic carbocycles. The minimum absolute atomic E-state index is 0.182. The van der Waals surface area contributed by atoms with E-state index in [1.54, 1.807) is 42.7 Å². The minimum atomic E-state index is -0.357. The van der Waals surface area contributed by atoms with E-state index in [0.29, 0.717) is 16.8 Å². The number of imidazole rings is 1. The molecule has 0 radical (unpaired) electrons. The minimum Gasteiger partial charge on any atom is -0.507 e. The topological polar surface area (TPSA) is 90.0 Å². The molecule has 0 atom stereocenters. The lowest BCUT2D eigenvalue weighted by atomic mass is 10.1. The van der Waals surface area contributed by atoms with E-state index >= 15 is 0 Å². The normalized spacial score (nSPS) is 10.8. The number of hydrogen-bond donors (Lipinski definition) is 4. The highest BCUT2D eigenvalue weighted by atomic mass is 16.3. The number of fused-ring (bicyclic) bond motifs is 2. The van der Waals surface area contributed by atoms with Gasteiger partial charge in [-0.25, -0.2) is 9.78 Å². The number of amides is 2. The van der Waals surface area contributed by atoms with Crippen LogP contribution in [0.5, 0.6) is 5.75 Å². The van der Waals surface area contributed by atoms with Crippen molar-refractivity contribution < 1.29 is 9.90 Å². The molecule has 0 aliphatic heterocycles. The highest BCUT2D eigenvalue weighted by Crippen LogP contribution is 2.29. The highest BCUT2D eigenvalue weighted by molar-refractivity contribution is 6.07. The van der Waals surface area contributed by atoms with Gasteiger partial charge in [0, 0.05) is 16.5 Å². The molecule has 0 aliphatic rings. The monoisotopic (exact) mass is 318 g/mol. The summed E-state index contributed by atoms with van der Waals surface area (Å²) >= 11 is 0. The number of nitrogens with zero attached hydrogens (tertiary/aromatic N) is 1. The smallest absolute Gasteiger partial charge is 0.323 e. The standard InChI is InChI=1S/C18H14N4O2/c23-17-6-2-3-12-13(17)4-1-5-14(12)22-18(24)21-11-7-8-15-16(9-11)20-10-19-15/h1-10,23H,(H,19,20)(H2,21,22,24). The predicted molar refractivity (Wildman–Crippen MR) is 94.3 cm³/mol. The molecule has 118 valence electrons. The van der Waals surface area contributed by atoms with Crippen LogP contribution in [-0.2, 0) is 0 Å². The summed E-state index contributed by atoms with van der Waals surface area (Å²) in [5.41, 5.74) is 2.98. The number of aromatic amines is 1. The molecule has 0 saturated heterocycles. The Morgan fingerprint density at radius 3 is 2.75 bits per heavy atom. The van der Waals surface area contributed by atoms with Crippen molar-refractivity contribution in [2.75, 3.05) is 10.6 Å². The summed E-state index contributed by atoms with van der Waals surface area (Å²) in [5, 5.41) is 17.0. The van der Waals surface area contributed by atoms with Gasteiger partial charge in [-0.2, -0.15) is 0 Å². The summed E-state index contributed by atoms with van der Waals surface area (Å²) in [7, 11) is 0. The molecular weight excluding hydrogens is 304 g/mol. The second-order valence-electron chi connectivity index (χ2n) is 5.39. The van der Waals surface area contributed by atoms with Crippen LogP contribution in [0.3, 0.4) is 0 Å². The summed E-state index contributed by atoms with van der Waals surface area (Å²) in [6, 6.07) is 15.7. The Balaban J connectivity index is 1.59. The van der Waals surface area contributed by atoms with Crippen molar-refractivity contribution in [3.8, 4) is 5.75 Å². The molecule has 24 heavy (non-hydrogen) atoms. The van der Waals surface area contributed by atoms with Crippen LogP contribution in [0, 0.1) is 0 Å². The first kappa shape index (κ1) is 14.1. The quantitative estimate of drug-likeness (QED) is 0.449. The van der Waals surface area contributed by atoms with Gasteiger partial charge in [-0.3, -0.25) is 0 Å². The molecule has 2 amide bonds. The Morgan fingerprint density at radius 1 is 1.00 bits per heavy atom. The molecule has 6 nitrogen and oxygen atoms in total. The van der Waals surface area contributed by atoms with E-state index in [1.807, 2.05) is 18.2 Å². The van der Waals surface area contributed by atoms with Crippen LogP contribution >= 0.6 is 0 Å². The number of phenols is 1. The van der Waals surface area contributed by atoms with Crippen molar-refractivity contribution in [3.63, 3.8) is 0 Å². The first-order valence-corrected chi connectivity index (χ1v) is 7.42. The molecule has 1 heterocycles. The van der Waals surface area contributed by atoms with Gasteiger partial charge >= 0.3 is 6.03 Å². The van der Waals surface area contributed by atoms with Crippen molar-refractivity contribution in [2.45, 2.75) is 0 Å². The van der Waals surface area contributed by atoms with Gasteiger partial charge in [-0.05, 0) is 30.3 Å². The van der Waals surface area contributed by atoms with Gasteiger partial charge in [-0.1, -0.05) is 24.3 Å². The molecule has 1 aromatic heterocycles. The lowest BCUT2D eigenvalue weighted by molar-refractivity contribution is 0.262. The van der Waals surface area contributed by atoms with Crippen LogP contribution in [0.2, 0.25) is 0 Å². The fraction of sp³-hybridized carbons (Fsp3) is 0. The third-order valence-corrected chi connectivity index (χ3v) is 3.83. The van der Waals surface area contributed by atoms with Crippen molar-refractivity contribution in [2.24, 2.45) is 0 Å². The summed E-state index contributed by atoms with van der Waals surface area (Å²) in [4.78, 5) is 19.4. The molecule has 0 unspecified atom stereocenters. The fourth-order valence-corrected chi connectivity index (χ4v) is 2.70. The van der Waals surface area contributed by atoms with E-state index in [0.717, 1.165) is 16.4 Å². The number of nitrogens with one attached hydrogen (secondary N) is 3. The van der Waals surface area contributed by atoms with Crippen LogP contribution in [0.25, 0.3) is 21.8 Å². The van der Waals surface area contributed by atoms with E-state index in [1.165, 1.54) is 0 Å². The molecule has 0 aliphatic carbocycles. The molecule has 0 spiro atoms. The number of anilines is 2. The van der Waals surface area contributed by atoms with E-state index < -0.39 is 0 Å². The number of hydrogen-bond acceptors (Lipinski definition) is 3. The zero-order valence-corrected chi connectivity index (χ0v) is 12.6. The van der Waals surface area contributed by atoms with Crippen molar-refractivity contribution >= 4 is 39.2 Å². The predicted octanol–water partition coefficient (Wildman–Crippen LogP) is 4.07. The number of benzene rings is 3. The van der Waals surface area contributed by atoms with Crippen LogP contribution in [-0.4, -0.2) is 21.1 Å². The third-order valence-electron chi connectivity index (χ3n) is 3.83. The number of aromatic hydroxyl groups is 1. The molecule has 4 N–H and O–H groups in total. The van der Waals surface area contributed by atoms with Crippen molar-refractivity contribution in [3.05, 3.63) is 60.9 Å². The van der Waals surface area contributed by atoms with Crippen molar-refractivity contribution in [1.82, 2.24) is 9.97 Å². The largest absolute Gasteiger partial charge is 0.507 e. The first-order valence-electron chi connectivity index (χ1n) is 7.42. The Morgan fingerprint density at radius 2 is 1.83 bits per heavy atom. The van der Waals surface area contributed by atoms with E-state index in [9.17, 15) is 9.90 Å². The second-order valence-corrected chi connectivity index (χ2v) is 5.39. The Labute approximate surface area is 137 Å². The van der Waals surface area contributed by atoms with Gasteiger partial charge < -0.3 is 20.7 Å². The maximum absolute atomic E-state index is 12.3. The van der Waals surface area contributed by atoms with E-state index in [4.69, 9.17) is 0 Å². The van der Waals surface area contributed by atoms with Crippen LogP contribution in [0.15, 0.2) is 60.9 Å². The average Bonchev–Trinajstić information content (AvgIpc) is 3.03. The van der Waals surface area contributed by atoms with Gasteiger partial charge in [0.1, 0.15) is 5.75 Å². The Hall–Kier alpha value is -3.54. The van der Waals surface area contributed by atoms with Gasteiger partial charge in [0.2, 0.25) is 0 Å². The van der Waals surface area contributed by atoms with Gasteiger partial charge in [0.05, 0.1) is 23.0 Å². The van der Waals surface area contributed by atoms with Gasteiger partial charge in [-0.15, -0.1) is 0 Å². The SMILES string of the molecule is O=C(Nc1ccc2nc[nH]c2c1)Nc1cccc2c(O)cccc12. The second kappa shape index (κ2) is 5.58. The molecule has 0 fully saturated rings. The maximum Gasteiger partial charge on any atom is 0.323 e. The molecule has 0 saturated carbocycles. The maximum atomic E-state index is 12.3. The van der Waals surface area contributed by atoms with E-state index in [2.05, 4.69) is 20.6 Å². The molecule has 0 bridgehead atoms. The van der Waals surface area contributed by atoms with Gasteiger partial charge in [0.25, 0.3) is 0 Å². The zero-order chi connectivity index (χ0) is 16.5. The summed E-state index contributed by atoms with van der Waals surface area (Å²) in [6.07, 6.45) is 1.61. The first-order chi connectivity index (χ1) is 11.7. The highest BCUT2D eigenvalue weighted by Gasteiger charge is 2.08. The number of urea groups is 1. The lowest BCUT2D eigenvalue weighted by Crippen LogP contribution is -2.19. The van der Waals surface area contributed by atoms with Gasteiger partial charge in [0.15, 0.2) is 0 Å². The zero-order valence-electron chi connectivity index (χ0n) is 12.6. The lowest BCUT2D eigenvalue weighted by Gasteiger charge is -2.11. The Bertz CT molecular complexity index is 1060. The molecule has 6 heteroatoms. The summed E-state index contributed by atoms with van der Waals surface area (Å²) < 4.78 is 0. The molecule has 4 rings (SSSR count). The van der Waals surface area contributed by atoms with Crippen molar-refractivity contribution in [1.29, 1.82) is 0 Å². The van der Waals surface area contributed by atoms with Crippen LogP contribution < -0.4 is 10.6 Å². The van der Waals surface area contributed by atoms with Crippen LogP contribution in [0.1, 0.15) is 0 Å². The number of rotatable bonds is 2. The molecule has 4 aromatic rings. The number of carbonyl (C=O) groups is 1. The summed E-state index contributed by atoms with van der Waals surface area (Å²) in [5.74, 6) is 0.182. The molecular formula is C18H14N4O2. The fourth-order valence-electron chi connectivity index (χ4n) is 2.70. The number of phenolic OH excluding ortho intramolecular Hbond substituents is 1. The third kappa shape index (κ3) is 2.50. The number of carbonyl (C=O) groups excluding carboxylic acids is 1.